The molecule has 2 heterocycles. The van der Waals surface area contributed by atoms with E-state index in [9.17, 15) is 4.79 Å². The second-order valence-corrected chi connectivity index (χ2v) is 4.36. The van der Waals surface area contributed by atoms with Gasteiger partial charge in [-0.3, -0.25) is 4.79 Å². The van der Waals surface area contributed by atoms with Crippen LogP contribution in [0.25, 0.3) is 11.3 Å². The van der Waals surface area contributed by atoms with Gasteiger partial charge in [0.15, 0.2) is 0 Å². The summed E-state index contributed by atoms with van der Waals surface area (Å²) in [4.78, 5) is 12.0. The first-order chi connectivity index (χ1) is 8.75. The van der Waals surface area contributed by atoms with E-state index >= 15 is 0 Å². The maximum Gasteiger partial charge on any atom is 0.259 e. The number of aromatic nitrogens is 1. The Morgan fingerprint density at radius 1 is 1.17 bits per heavy atom. The van der Waals surface area contributed by atoms with Crippen LogP contribution in [0.5, 0.6) is 0 Å². The van der Waals surface area contributed by atoms with E-state index in [1.54, 1.807) is 24.3 Å². The van der Waals surface area contributed by atoms with Gasteiger partial charge in [0, 0.05) is 23.7 Å². The van der Waals surface area contributed by atoms with Crippen LogP contribution in [-0.4, -0.2) is 24.2 Å². The molecule has 0 saturated carbocycles. The van der Waals surface area contributed by atoms with E-state index in [1.807, 2.05) is 0 Å². The van der Waals surface area contributed by atoms with Gasteiger partial charge in [0.2, 0.25) is 5.88 Å². The molecular weight excluding hydrogens is 254 g/mol. The van der Waals surface area contributed by atoms with Gasteiger partial charge in [-0.2, -0.15) is 0 Å². The van der Waals surface area contributed by atoms with Crippen molar-refractivity contribution < 1.29 is 9.32 Å². The van der Waals surface area contributed by atoms with Gasteiger partial charge in [-0.15, -0.1) is 0 Å². The van der Waals surface area contributed by atoms with Gasteiger partial charge in [0.25, 0.3) is 5.91 Å². The molecule has 0 spiro atoms. The Morgan fingerprint density at radius 3 is 2.67 bits per heavy atom. The maximum absolute atomic E-state index is 12.0. The molecule has 6 heteroatoms. The van der Waals surface area contributed by atoms with Crippen molar-refractivity contribution in [1.29, 1.82) is 0 Å². The van der Waals surface area contributed by atoms with Crippen molar-refractivity contribution in [2.75, 3.05) is 18.4 Å². The number of benzene rings is 1. The topological polar surface area (TPSA) is 67.2 Å². The van der Waals surface area contributed by atoms with Crippen LogP contribution in [-0.2, 0) is 0 Å². The van der Waals surface area contributed by atoms with Crippen molar-refractivity contribution in [1.82, 2.24) is 10.5 Å². The number of nitrogens with one attached hydrogen (secondary N) is 2. The molecule has 5 nitrogen and oxygen atoms in total. The molecule has 0 unspecified atom stereocenters. The smallest absolute Gasteiger partial charge is 0.259 e. The molecule has 0 radical (unpaired) electrons. The van der Waals surface area contributed by atoms with Crippen molar-refractivity contribution in [3.63, 3.8) is 0 Å². The van der Waals surface area contributed by atoms with Crippen LogP contribution in [0.4, 0.5) is 5.88 Å². The zero-order chi connectivity index (χ0) is 12.5. The highest BCUT2D eigenvalue weighted by Gasteiger charge is 2.25. The van der Waals surface area contributed by atoms with E-state index in [2.05, 4.69) is 15.8 Å². The predicted molar refractivity (Wildman–Crippen MR) is 67.8 cm³/mol. The Kier molecular flexibility index (Phi) is 2.68. The molecule has 1 amide bonds. The highest BCUT2D eigenvalue weighted by atomic mass is 35.5. The number of carbonyl (C=O) groups excluding carboxylic acids is 1. The lowest BCUT2D eigenvalue weighted by atomic mass is 10.1. The molecular formula is C12H10ClN3O2. The monoisotopic (exact) mass is 263 g/mol. The minimum absolute atomic E-state index is 0.179. The van der Waals surface area contributed by atoms with Gasteiger partial charge < -0.3 is 15.2 Å². The standard InChI is InChI=1S/C12H10ClN3O2/c13-8-3-1-7(2-4-8)10-9-11(17)14-5-6-15-12(9)18-16-10/h1-4,15H,5-6H2,(H,14,17). The second kappa shape index (κ2) is 4.34. The van der Waals surface area contributed by atoms with Crippen molar-refractivity contribution in [2.24, 2.45) is 0 Å². The molecule has 2 aromatic rings. The molecule has 1 aromatic carbocycles. The first-order valence-electron chi connectivity index (χ1n) is 5.53. The van der Waals surface area contributed by atoms with Crippen LogP contribution in [0.2, 0.25) is 5.02 Å². The molecule has 0 bridgehead atoms. The first-order valence-corrected chi connectivity index (χ1v) is 5.91. The van der Waals surface area contributed by atoms with Crippen molar-refractivity contribution >= 4 is 23.4 Å². The lowest BCUT2D eigenvalue weighted by Gasteiger charge is -2.01. The summed E-state index contributed by atoms with van der Waals surface area (Å²) in [5, 5.41) is 10.4. The Morgan fingerprint density at radius 2 is 1.89 bits per heavy atom. The fraction of sp³-hybridized carbons (Fsp3) is 0.167. The van der Waals surface area contributed by atoms with Crippen molar-refractivity contribution in [2.45, 2.75) is 0 Å². The van der Waals surface area contributed by atoms with Gasteiger partial charge in [-0.1, -0.05) is 28.9 Å². The third kappa shape index (κ3) is 1.82. The lowest BCUT2D eigenvalue weighted by molar-refractivity contribution is 0.0958. The Labute approximate surface area is 108 Å². The number of anilines is 1. The van der Waals surface area contributed by atoms with Gasteiger partial charge in [-0.25, -0.2) is 0 Å². The fourth-order valence-corrected chi connectivity index (χ4v) is 1.99. The Bertz CT molecular complexity index is 592. The van der Waals surface area contributed by atoms with Gasteiger partial charge >= 0.3 is 0 Å². The van der Waals surface area contributed by atoms with Gasteiger partial charge in [-0.05, 0) is 12.1 Å². The summed E-state index contributed by atoms with van der Waals surface area (Å²) in [5.74, 6) is 0.233. The highest BCUT2D eigenvalue weighted by molar-refractivity contribution is 6.30. The maximum atomic E-state index is 12.0. The largest absolute Gasteiger partial charge is 0.352 e. The summed E-state index contributed by atoms with van der Waals surface area (Å²) in [6.45, 7) is 1.18. The van der Waals surface area contributed by atoms with Crippen molar-refractivity contribution in [3.8, 4) is 11.3 Å². The predicted octanol–water partition coefficient (Wildman–Crippen LogP) is 2.15. The molecule has 2 N–H and O–H groups in total. The number of amides is 1. The molecule has 18 heavy (non-hydrogen) atoms. The van der Waals surface area contributed by atoms with E-state index in [0.29, 0.717) is 35.3 Å². The van der Waals surface area contributed by atoms with E-state index in [-0.39, 0.29) is 5.91 Å². The molecule has 0 aliphatic carbocycles. The van der Waals surface area contributed by atoms with Crippen LogP contribution in [0, 0.1) is 0 Å². The van der Waals surface area contributed by atoms with E-state index in [1.165, 1.54) is 0 Å². The number of nitrogens with zero attached hydrogens (tertiary/aromatic N) is 1. The van der Waals surface area contributed by atoms with Crippen LogP contribution in [0.15, 0.2) is 28.8 Å². The SMILES string of the molecule is O=C1NCCNc2onc(-c3ccc(Cl)cc3)c21. The third-order valence-corrected chi connectivity index (χ3v) is 2.98. The molecule has 92 valence electrons. The Balaban J connectivity index is 2.11. The molecule has 0 atom stereocenters. The molecule has 1 aromatic heterocycles. The molecule has 1 aliphatic rings. The average molecular weight is 264 g/mol. The van der Waals surface area contributed by atoms with Crippen LogP contribution in [0.1, 0.15) is 10.4 Å². The summed E-state index contributed by atoms with van der Waals surface area (Å²) < 4.78 is 5.17. The Hall–Kier alpha value is -2.01. The third-order valence-electron chi connectivity index (χ3n) is 2.73. The normalized spacial score (nSPS) is 14.4. The van der Waals surface area contributed by atoms with Crippen molar-refractivity contribution in [3.05, 3.63) is 34.9 Å². The highest BCUT2D eigenvalue weighted by Crippen LogP contribution is 2.30. The fourth-order valence-electron chi connectivity index (χ4n) is 1.87. The molecule has 0 fully saturated rings. The van der Waals surface area contributed by atoms with E-state index in [0.717, 1.165) is 5.56 Å². The van der Waals surface area contributed by atoms with Crippen LogP contribution in [0.3, 0.4) is 0 Å². The number of rotatable bonds is 1. The number of hydrogen-bond acceptors (Lipinski definition) is 4. The van der Waals surface area contributed by atoms with E-state index < -0.39 is 0 Å². The molecule has 3 rings (SSSR count). The summed E-state index contributed by atoms with van der Waals surface area (Å²) in [7, 11) is 0. The minimum atomic E-state index is -0.179. The summed E-state index contributed by atoms with van der Waals surface area (Å²) >= 11 is 5.84. The first kappa shape index (κ1) is 11.1. The van der Waals surface area contributed by atoms with Gasteiger partial charge in [0.1, 0.15) is 11.3 Å². The quantitative estimate of drug-likeness (QED) is 0.827. The van der Waals surface area contributed by atoms with Gasteiger partial charge in [0.05, 0.1) is 0 Å². The molecule has 1 aliphatic heterocycles. The van der Waals surface area contributed by atoms with Crippen LogP contribution >= 0.6 is 11.6 Å². The number of halogens is 1. The minimum Gasteiger partial charge on any atom is -0.352 e. The number of hydrogen-bond donors (Lipinski definition) is 2. The summed E-state index contributed by atoms with van der Waals surface area (Å²) in [6, 6.07) is 7.11. The number of fused-ring (bicyclic) bond motifs is 1. The second-order valence-electron chi connectivity index (χ2n) is 3.92. The zero-order valence-corrected chi connectivity index (χ0v) is 10.1. The average Bonchev–Trinajstić information content (AvgIpc) is 2.71. The lowest BCUT2D eigenvalue weighted by Crippen LogP contribution is -2.25. The van der Waals surface area contributed by atoms with Crippen LogP contribution < -0.4 is 10.6 Å². The molecule has 0 saturated heterocycles. The summed E-state index contributed by atoms with van der Waals surface area (Å²) in [5.41, 5.74) is 1.76. The summed E-state index contributed by atoms with van der Waals surface area (Å²) in [6.07, 6.45) is 0. The zero-order valence-electron chi connectivity index (χ0n) is 9.37. The number of carbonyl (C=O) groups is 1. The van der Waals surface area contributed by atoms with E-state index in [4.69, 9.17) is 16.1 Å².